The number of furan rings is 1. The van der Waals surface area contributed by atoms with Crippen LogP contribution in [0.15, 0.2) is 58.0 Å². The largest absolute Gasteiger partial charge is 0.454 e. The minimum Gasteiger partial charge on any atom is -0.454 e. The summed E-state index contributed by atoms with van der Waals surface area (Å²) in [5.74, 6) is -1.90. The molecule has 0 aliphatic heterocycles. The second-order valence-corrected chi connectivity index (χ2v) is 6.63. The number of hydrogen-bond donors (Lipinski definition) is 1. The first-order chi connectivity index (χ1) is 14.4. The molecule has 0 fully saturated rings. The smallest absolute Gasteiger partial charge is 0.326 e. The Morgan fingerprint density at radius 2 is 2.03 bits per heavy atom. The van der Waals surface area contributed by atoms with E-state index in [1.54, 1.807) is 31.2 Å². The van der Waals surface area contributed by atoms with Crippen LogP contribution in [-0.2, 0) is 20.9 Å². The maximum atomic E-state index is 13.5. The third-order valence-electron chi connectivity index (χ3n) is 4.47. The van der Waals surface area contributed by atoms with Gasteiger partial charge >= 0.3 is 5.97 Å². The van der Waals surface area contributed by atoms with Gasteiger partial charge in [-0.15, -0.1) is 0 Å². The molecule has 0 unspecified atom stereocenters. The summed E-state index contributed by atoms with van der Waals surface area (Å²) >= 11 is 0. The summed E-state index contributed by atoms with van der Waals surface area (Å²) in [4.78, 5) is 40.7. The first-order valence-corrected chi connectivity index (χ1v) is 9.00. The molecule has 30 heavy (non-hydrogen) atoms. The topological polar surface area (TPSA) is 103 Å². The Bertz CT molecular complexity index is 1340. The van der Waals surface area contributed by atoms with E-state index in [0.29, 0.717) is 22.0 Å². The number of para-hydroxylation sites is 1. The SMILES string of the molecule is Cc1ccc(NC(=O)COC(=O)Cn2cnc3c(oc4ccccc43)c2=O)cc1F. The number of aromatic nitrogens is 2. The van der Waals surface area contributed by atoms with Gasteiger partial charge in [0.1, 0.15) is 23.5 Å². The number of nitrogens with zero attached hydrogens (tertiary/aromatic N) is 2. The van der Waals surface area contributed by atoms with E-state index in [1.165, 1.54) is 24.5 Å². The molecule has 8 nitrogen and oxygen atoms in total. The Labute approximate surface area is 168 Å². The van der Waals surface area contributed by atoms with Crippen LogP contribution in [0.3, 0.4) is 0 Å². The van der Waals surface area contributed by atoms with Crippen molar-refractivity contribution in [2.45, 2.75) is 13.5 Å². The molecule has 0 saturated carbocycles. The average molecular weight is 409 g/mol. The number of hydrogen-bond acceptors (Lipinski definition) is 6. The Kier molecular flexibility index (Phi) is 5.01. The van der Waals surface area contributed by atoms with E-state index in [0.717, 1.165) is 4.57 Å². The highest BCUT2D eigenvalue weighted by molar-refractivity contribution is 6.01. The van der Waals surface area contributed by atoms with Gasteiger partial charge in [0, 0.05) is 11.1 Å². The molecule has 2 aromatic carbocycles. The standard InChI is InChI=1S/C21H16FN3O5/c1-12-6-7-13(8-15(12)22)24-17(26)10-29-18(27)9-25-11-23-19-14-4-2-3-5-16(14)30-20(19)21(25)28/h2-8,11H,9-10H2,1H3,(H,24,26). The van der Waals surface area contributed by atoms with Crippen molar-refractivity contribution in [1.29, 1.82) is 0 Å². The highest BCUT2D eigenvalue weighted by Crippen LogP contribution is 2.24. The molecular weight excluding hydrogens is 393 g/mol. The summed E-state index contributed by atoms with van der Waals surface area (Å²) in [5, 5.41) is 3.13. The number of fused-ring (bicyclic) bond motifs is 3. The molecule has 4 aromatic rings. The van der Waals surface area contributed by atoms with Gasteiger partial charge in [-0.2, -0.15) is 0 Å². The molecule has 0 aliphatic rings. The van der Waals surface area contributed by atoms with Crippen molar-refractivity contribution in [3.05, 3.63) is 70.5 Å². The molecule has 0 spiro atoms. The molecule has 2 aromatic heterocycles. The predicted octanol–water partition coefficient (Wildman–Crippen LogP) is 2.77. The van der Waals surface area contributed by atoms with Crippen LogP contribution in [0.1, 0.15) is 5.56 Å². The Balaban J connectivity index is 1.41. The fourth-order valence-electron chi connectivity index (χ4n) is 2.93. The second kappa shape index (κ2) is 7.78. The Morgan fingerprint density at radius 3 is 2.83 bits per heavy atom. The van der Waals surface area contributed by atoms with Gasteiger partial charge in [-0.05, 0) is 36.8 Å². The van der Waals surface area contributed by atoms with E-state index in [1.807, 2.05) is 0 Å². The van der Waals surface area contributed by atoms with E-state index >= 15 is 0 Å². The van der Waals surface area contributed by atoms with Crippen molar-refractivity contribution in [1.82, 2.24) is 9.55 Å². The molecule has 0 aliphatic carbocycles. The first kappa shape index (κ1) is 19.3. The molecule has 0 radical (unpaired) electrons. The predicted molar refractivity (Wildman–Crippen MR) is 107 cm³/mol. The zero-order valence-corrected chi connectivity index (χ0v) is 15.8. The average Bonchev–Trinajstić information content (AvgIpc) is 3.11. The number of carbonyl (C=O) groups excluding carboxylic acids is 2. The van der Waals surface area contributed by atoms with Crippen LogP contribution in [0.25, 0.3) is 22.1 Å². The maximum Gasteiger partial charge on any atom is 0.326 e. The van der Waals surface area contributed by atoms with Crippen LogP contribution in [0, 0.1) is 12.7 Å². The van der Waals surface area contributed by atoms with Crippen molar-refractivity contribution in [2.24, 2.45) is 0 Å². The summed E-state index contributed by atoms with van der Waals surface area (Å²) in [7, 11) is 0. The molecule has 2 heterocycles. The minimum atomic E-state index is -0.806. The second-order valence-electron chi connectivity index (χ2n) is 6.63. The zero-order chi connectivity index (χ0) is 21.3. The number of ether oxygens (including phenoxy) is 1. The van der Waals surface area contributed by atoms with Crippen molar-refractivity contribution < 1.29 is 23.1 Å². The number of benzene rings is 2. The summed E-state index contributed by atoms with van der Waals surface area (Å²) in [6.07, 6.45) is 1.23. The van der Waals surface area contributed by atoms with E-state index in [4.69, 9.17) is 9.15 Å². The molecule has 0 saturated heterocycles. The lowest BCUT2D eigenvalue weighted by Crippen LogP contribution is -2.27. The monoisotopic (exact) mass is 409 g/mol. The van der Waals surface area contributed by atoms with Crippen LogP contribution in [-0.4, -0.2) is 28.0 Å². The van der Waals surface area contributed by atoms with Gasteiger partial charge in [0.15, 0.2) is 6.61 Å². The van der Waals surface area contributed by atoms with Crippen LogP contribution < -0.4 is 10.9 Å². The van der Waals surface area contributed by atoms with E-state index in [2.05, 4.69) is 10.3 Å². The summed E-state index contributed by atoms with van der Waals surface area (Å²) in [6.45, 7) is 0.580. The number of amides is 1. The fourth-order valence-corrected chi connectivity index (χ4v) is 2.93. The molecule has 9 heteroatoms. The molecule has 4 rings (SSSR count). The molecule has 152 valence electrons. The van der Waals surface area contributed by atoms with Gasteiger partial charge in [-0.25, -0.2) is 9.37 Å². The molecule has 0 bridgehead atoms. The molecule has 0 atom stereocenters. The Hall–Kier alpha value is -4.01. The molecule has 1 N–H and O–H groups in total. The van der Waals surface area contributed by atoms with E-state index < -0.39 is 36.4 Å². The summed E-state index contributed by atoms with van der Waals surface area (Å²) in [5.41, 5.74) is 1.11. The lowest BCUT2D eigenvalue weighted by Gasteiger charge is -2.08. The molecule has 1 amide bonds. The third-order valence-corrected chi connectivity index (χ3v) is 4.47. The van der Waals surface area contributed by atoms with Gasteiger partial charge < -0.3 is 14.5 Å². The minimum absolute atomic E-state index is 0.0330. The van der Waals surface area contributed by atoms with Gasteiger partial charge in [-0.1, -0.05) is 18.2 Å². The van der Waals surface area contributed by atoms with Crippen LogP contribution in [0.4, 0.5) is 10.1 Å². The fraction of sp³-hybridized carbons (Fsp3) is 0.143. The van der Waals surface area contributed by atoms with Crippen LogP contribution in [0.2, 0.25) is 0 Å². The van der Waals surface area contributed by atoms with Crippen molar-refractivity contribution in [3.63, 3.8) is 0 Å². The lowest BCUT2D eigenvalue weighted by molar-refractivity contribution is -0.147. The van der Waals surface area contributed by atoms with Crippen LogP contribution >= 0.6 is 0 Å². The van der Waals surface area contributed by atoms with Crippen LogP contribution in [0.5, 0.6) is 0 Å². The number of rotatable bonds is 5. The van der Waals surface area contributed by atoms with Crippen molar-refractivity contribution in [2.75, 3.05) is 11.9 Å². The molecular formula is C21H16FN3O5. The number of halogens is 1. The zero-order valence-electron chi connectivity index (χ0n) is 15.8. The van der Waals surface area contributed by atoms with E-state index in [9.17, 15) is 18.8 Å². The third kappa shape index (κ3) is 3.77. The number of nitrogens with one attached hydrogen (secondary N) is 1. The number of aryl methyl sites for hydroxylation is 1. The maximum absolute atomic E-state index is 13.5. The number of esters is 1. The normalized spacial score (nSPS) is 11.0. The van der Waals surface area contributed by atoms with Gasteiger partial charge in [0.05, 0.1) is 6.33 Å². The Morgan fingerprint density at radius 1 is 1.23 bits per heavy atom. The summed E-state index contributed by atoms with van der Waals surface area (Å²) < 4.78 is 25.0. The van der Waals surface area contributed by atoms with Crippen molar-refractivity contribution in [3.8, 4) is 0 Å². The van der Waals surface area contributed by atoms with Gasteiger partial charge in [-0.3, -0.25) is 19.0 Å². The quantitative estimate of drug-likeness (QED) is 0.509. The summed E-state index contributed by atoms with van der Waals surface area (Å²) in [6, 6.07) is 11.3. The van der Waals surface area contributed by atoms with Gasteiger partial charge in [0.2, 0.25) is 5.58 Å². The lowest BCUT2D eigenvalue weighted by atomic mass is 10.2. The number of anilines is 1. The highest BCUT2D eigenvalue weighted by Gasteiger charge is 2.16. The highest BCUT2D eigenvalue weighted by atomic mass is 19.1. The van der Waals surface area contributed by atoms with Gasteiger partial charge in [0.25, 0.3) is 11.5 Å². The van der Waals surface area contributed by atoms with E-state index in [-0.39, 0.29) is 11.3 Å². The number of carbonyl (C=O) groups is 2. The first-order valence-electron chi connectivity index (χ1n) is 9.00. The van der Waals surface area contributed by atoms with Crippen molar-refractivity contribution >= 4 is 39.6 Å².